The number of rotatable bonds is 6. The van der Waals surface area contributed by atoms with E-state index in [1.165, 1.54) is 28.6 Å². The van der Waals surface area contributed by atoms with Gasteiger partial charge in [0.25, 0.3) is 5.91 Å². The molecule has 2 aromatic rings. The van der Waals surface area contributed by atoms with Gasteiger partial charge in [-0.15, -0.1) is 0 Å². The summed E-state index contributed by atoms with van der Waals surface area (Å²) in [5, 5.41) is 5.49. The first-order valence-electron chi connectivity index (χ1n) is 9.21. The summed E-state index contributed by atoms with van der Waals surface area (Å²) < 4.78 is 26.6. The molecule has 2 amide bonds. The van der Waals surface area contributed by atoms with Crippen molar-refractivity contribution in [1.82, 2.24) is 4.31 Å². The van der Waals surface area contributed by atoms with Gasteiger partial charge in [-0.25, -0.2) is 8.42 Å². The van der Waals surface area contributed by atoms with E-state index in [0.29, 0.717) is 36.4 Å². The summed E-state index contributed by atoms with van der Waals surface area (Å²) >= 11 is 0. The van der Waals surface area contributed by atoms with Crippen LogP contribution in [0.15, 0.2) is 53.4 Å². The van der Waals surface area contributed by atoms with Crippen molar-refractivity contribution in [1.29, 1.82) is 0 Å². The monoisotopic (exact) mass is 401 g/mol. The summed E-state index contributed by atoms with van der Waals surface area (Å²) in [6.45, 7) is 2.83. The standard InChI is InChI=1S/C20H23N3O4S/c1-2-19(24)21-16-6-5-7-17(14-16)22-20(25)15-8-10-18(11-9-15)28(26,27)23-12-3-4-13-23/h5-11,14H,2-4,12-13H2,1H3,(H,21,24)(H,22,25). The fourth-order valence-corrected chi connectivity index (χ4v) is 4.50. The highest BCUT2D eigenvalue weighted by Crippen LogP contribution is 2.22. The van der Waals surface area contributed by atoms with Crippen molar-refractivity contribution >= 4 is 33.2 Å². The van der Waals surface area contributed by atoms with E-state index >= 15 is 0 Å². The first-order chi connectivity index (χ1) is 13.4. The van der Waals surface area contributed by atoms with Crippen molar-refractivity contribution in [3.8, 4) is 0 Å². The Morgan fingerprint density at radius 3 is 2.18 bits per heavy atom. The molecule has 2 aromatic carbocycles. The highest BCUT2D eigenvalue weighted by Gasteiger charge is 2.27. The predicted molar refractivity (Wildman–Crippen MR) is 108 cm³/mol. The highest BCUT2D eigenvalue weighted by molar-refractivity contribution is 7.89. The van der Waals surface area contributed by atoms with Crippen molar-refractivity contribution in [2.75, 3.05) is 23.7 Å². The van der Waals surface area contributed by atoms with Crippen LogP contribution in [0.25, 0.3) is 0 Å². The van der Waals surface area contributed by atoms with E-state index < -0.39 is 10.0 Å². The third kappa shape index (κ3) is 4.58. The van der Waals surface area contributed by atoms with Crippen LogP contribution in [0.4, 0.5) is 11.4 Å². The summed E-state index contributed by atoms with van der Waals surface area (Å²) in [4.78, 5) is 24.1. The maximum absolute atomic E-state index is 12.5. The number of amides is 2. The Morgan fingerprint density at radius 1 is 0.964 bits per heavy atom. The normalized spacial score (nSPS) is 14.6. The molecule has 148 valence electrons. The molecule has 0 radical (unpaired) electrons. The van der Waals surface area contributed by atoms with E-state index in [1.54, 1.807) is 31.2 Å². The summed E-state index contributed by atoms with van der Waals surface area (Å²) in [5.41, 5.74) is 1.48. The summed E-state index contributed by atoms with van der Waals surface area (Å²) in [6, 6.07) is 12.8. The number of nitrogens with zero attached hydrogens (tertiary/aromatic N) is 1. The molecular formula is C20H23N3O4S. The number of carbonyl (C=O) groups excluding carboxylic acids is 2. The van der Waals surface area contributed by atoms with Gasteiger partial charge in [0.15, 0.2) is 0 Å². The third-order valence-corrected chi connectivity index (χ3v) is 6.46. The van der Waals surface area contributed by atoms with Gasteiger partial charge < -0.3 is 10.6 Å². The predicted octanol–water partition coefficient (Wildman–Crippen LogP) is 3.07. The van der Waals surface area contributed by atoms with E-state index in [0.717, 1.165) is 12.8 Å². The first-order valence-corrected chi connectivity index (χ1v) is 10.7. The van der Waals surface area contributed by atoms with Crippen molar-refractivity contribution < 1.29 is 18.0 Å². The SMILES string of the molecule is CCC(=O)Nc1cccc(NC(=O)c2ccc(S(=O)(=O)N3CCCC3)cc2)c1. The maximum Gasteiger partial charge on any atom is 0.255 e. The summed E-state index contributed by atoms with van der Waals surface area (Å²) in [7, 11) is -3.50. The Hall–Kier alpha value is -2.71. The van der Waals surface area contributed by atoms with Gasteiger partial charge in [0.2, 0.25) is 15.9 Å². The highest BCUT2D eigenvalue weighted by atomic mass is 32.2. The maximum atomic E-state index is 12.5. The zero-order chi connectivity index (χ0) is 20.1. The number of anilines is 2. The van der Waals surface area contributed by atoms with Crippen LogP contribution in [-0.2, 0) is 14.8 Å². The number of sulfonamides is 1. The average Bonchev–Trinajstić information content (AvgIpc) is 3.24. The molecule has 1 heterocycles. The molecular weight excluding hydrogens is 378 g/mol. The molecule has 0 bridgehead atoms. The quantitative estimate of drug-likeness (QED) is 0.778. The molecule has 0 spiro atoms. The van der Waals surface area contributed by atoms with Crippen LogP contribution in [-0.4, -0.2) is 37.6 Å². The van der Waals surface area contributed by atoms with Crippen LogP contribution >= 0.6 is 0 Å². The van der Waals surface area contributed by atoms with Crippen LogP contribution in [0.2, 0.25) is 0 Å². The molecule has 3 rings (SSSR count). The van der Waals surface area contributed by atoms with Gasteiger partial charge in [0.1, 0.15) is 0 Å². The topological polar surface area (TPSA) is 95.6 Å². The van der Waals surface area contributed by atoms with E-state index in [1.807, 2.05) is 0 Å². The molecule has 8 heteroatoms. The lowest BCUT2D eigenvalue weighted by atomic mass is 10.2. The largest absolute Gasteiger partial charge is 0.326 e. The molecule has 0 aromatic heterocycles. The smallest absolute Gasteiger partial charge is 0.255 e. The number of hydrogen-bond acceptors (Lipinski definition) is 4. The molecule has 1 aliphatic rings. The zero-order valence-corrected chi connectivity index (χ0v) is 16.5. The molecule has 0 unspecified atom stereocenters. The molecule has 0 aliphatic carbocycles. The number of nitrogens with one attached hydrogen (secondary N) is 2. The van der Waals surface area contributed by atoms with Crippen LogP contribution in [0.3, 0.4) is 0 Å². The Labute approximate surface area is 164 Å². The fourth-order valence-electron chi connectivity index (χ4n) is 2.98. The van der Waals surface area contributed by atoms with Crippen molar-refractivity contribution in [2.45, 2.75) is 31.1 Å². The van der Waals surface area contributed by atoms with Crippen LogP contribution in [0, 0.1) is 0 Å². The Balaban J connectivity index is 1.70. The second-order valence-electron chi connectivity index (χ2n) is 6.57. The van der Waals surface area contributed by atoms with Gasteiger partial charge in [-0.1, -0.05) is 13.0 Å². The number of hydrogen-bond donors (Lipinski definition) is 2. The fraction of sp³-hybridized carbons (Fsp3) is 0.300. The second kappa shape index (κ2) is 8.53. The van der Waals surface area contributed by atoms with Gasteiger partial charge in [0, 0.05) is 36.4 Å². The van der Waals surface area contributed by atoms with Crippen molar-refractivity contribution in [3.63, 3.8) is 0 Å². The lowest BCUT2D eigenvalue weighted by Crippen LogP contribution is -2.27. The Bertz CT molecular complexity index is 965. The van der Waals surface area contributed by atoms with E-state index in [4.69, 9.17) is 0 Å². The van der Waals surface area contributed by atoms with Gasteiger partial charge >= 0.3 is 0 Å². The second-order valence-corrected chi connectivity index (χ2v) is 8.51. The van der Waals surface area contributed by atoms with Crippen LogP contribution in [0.5, 0.6) is 0 Å². The molecule has 0 atom stereocenters. The third-order valence-electron chi connectivity index (χ3n) is 4.54. The Kier molecular flexibility index (Phi) is 6.11. The number of carbonyl (C=O) groups is 2. The van der Waals surface area contributed by atoms with Gasteiger partial charge in [-0.2, -0.15) is 4.31 Å². The molecule has 1 saturated heterocycles. The van der Waals surface area contributed by atoms with Gasteiger partial charge in [-0.3, -0.25) is 9.59 Å². The van der Waals surface area contributed by atoms with E-state index in [9.17, 15) is 18.0 Å². The first kappa shape index (κ1) is 20.0. The minimum absolute atomic E-state index is 0.113. The minimum atomic E-state index is -3.50. The molecule has 2 N–H and O–H groups in total. The number of benzene rings is 2. The lowest BCUT2D eigenvalue weighted by molar-refractivity contribution is -0.115. The van der Waals surface area contributed by atoms with Crippen LogP contribution < -0.4 is 10.6 Å². The van der Waals surface area contributed by atoms with E-state index in [-0.39, 0.29) is 16.7 Å². The summed E-state index contributed by atoms with van der Waals surface area (Å²) in [5.74, 6) is -0.470. The molecule has 28 heavy (non-hydrogen) atoms. The summed E-state index contributed by atoms with van der Waals surface area (Å²) in [6.07, 6.45) is 2.11. The Morgan fingerprint density at radius 2 is 1.57 bits per heavy atom. The average molecular weight is 401 g/mol. The van der Waals surface area contributed by atoms with E-state index in [2.05, 4.69) is 10.6 Å². The van der Waals surface area contributed by atoms with Gasteiger partial charge in [0.05, 0.1) is 4.90 Å². The minimum Gasteiger partial charge on any atom is -0.326 e. The lowest BCUT2D eigenvalue weighted by Gasteiger charge is -2.15. The van der Waals surface area contributed by atoms with Crippen molar-refractivity contribution in [3.05, 3.63) is 54.1 Å². The van der Waals surface area contributed by atoms with Crippen molar-refractivity contribution in [2.24, 2.45) is 0 Å². The molecule has 7 nitrogen and oxygen atoms in total. The molecule has 1 fully saturated rings. The van der Waals surface area contributed by atoms with Crippen LogP contribution in [0.1, 0.15) is 36.5 Å². The molecule has 1 aliphatic heterocycles. The zero-order valence-electron chi connectivity index (χ0n) is 15.6. The molecule has 0 saturated carbocycles. The van der Waals surface area contributed by atoms with Gasteiger partial charge in [-0.05, 0) is 55.3 Å².